The van der Waals surface area contributed by atoms with Crippen LogP contribution in [0.1, 0.15) is 24.2 Å². The highest BCUT2D eigenvalue weighted by molar-refractivity contribution is 6.01. The zero-order chi connectivity index (χ0) is 13.8. The minimum absolute atomic E-state index is 0.0100. The molecule has 0 amide bonds. The number of ether oxygens (including phenoxy) is 1. The Hall–Kier alpha value is -1.59. The standard InChI is InChI=1S/C14H20N2O3/c1-9(17)8-16-10(2)14(18)11-3-4-13-12(7-11)15-5-6-19-13/h3-4,7,9-10,15-17H,5-6,8H2,1-2H3. The lowest BCUT2D eigenvalue weighted by Crippen LogP contribution is -2.38. The molecular weight excluding hydrogens is 244 g/mol. The first-order valence-corrected chi connectivity index (χ1v) is 6.54. The molecule has 5 heteroatoms. The number of fused-ring (bicyclic) bond motifs is 1. The van der Waals surface area contributed by atoms with Crippen LogP contribution in [0.2, 0.25) is 0 Å². The molecule has 5 nitrogen and oxygen atoms in total. The first-order chi connectivity index (χ1) is 9.08. The van der Waals surface area contributed by atoms with E-state index in [9.17, 15) is 9.90 Å². The summed E-state index contributed by atoms with van der Waals surface area (Å²) >= 11 is 0. The van der Waals surface area contributed by atoms with Gasteiger partial charge in [-0.3, -0.25) is 4.79 Å². The summed E-state index contributed by atoms with van der Waals surface area (Å²) in [6, 6.07) is 5.08. The van der Waals surface area contributed by atoms with Gasteiger partial charge in [0.1, 0.15) is 12.4 Å². The molecule has 2 unspecified atom stereocenters. The highest BCUT2D eigenvalue weighted by Gasteiger charge is 2.18. The number of hydrogen-bond acceptors (Lipinski definition) is 5. The van der Waals surface area contributed by atoms with Crippen molar-refractivity contribution in [1.82, 2.24) is 5.32 Å². The van der Waals surface area contributed by atoms with Crippen molar-refractivity contribution in [2.45, 2.75) is 26.0 Å². The highest BCUT2D eigenvalue weighted by Crippen LogP contribution is 2.28. The van der Waals surface area contributed by atoms with Crippen LogP contribution < -0.4 is 15.4 Å². The third-order valence-corrected chi connectivity index (χ3v) is 3.05. The molecule has 0 saturated heterocycles. The maximum Gasteiger partial charge on any atom is 0.179 e. The van der Waals surface area contributed by atoms with Crippen molar-refractivity contribution in [3.63, 3.8) is 0 Å². The number of carbonyl (C=O) groups excluding carboxylic acids is 1. The van der Waals surface area contributed by atoms with E-state index in [2.05, 4.69) is 10.6 Å². The lowest BCUT2D eigenvalue weighted by atomic mass is 10.0. The summed E-state index contributed by atoms with van der Waals surface area (Å²) in [5, 5.41) is 15.4. The number of anilines is 1. The molecule has 2 rings (SSSR count). The van der Waals surface area contributed by atoms with Crippen LogP contribution in [-0.2, 0) is 0 Å². The van der Waals surface area contributed by atoms with E-state index in [-0.39, 0.29) is 11.8 Å². The Bertz CT molecular complexity index is 460. The monoisotopic (exact) mass is 264 g/mol. The van der Waals surface area contributed by atoms with Crippen LogP contribution in [0.15, 0.2) is 18.2 Å². The molecule has 0 bridgehead atoms. The smallest absolute Gasteiger partial charge is 0.179 e. The van der Waals surface area contributed by atoms with Gasteiger partial charge in [0.15, 0.2) is 5.78 Å². The van der Waals surface area contributed by atoms with E-state index in [0.717, 1.165) is 18.0 Å². The topological polar surface area (TPSA) is 70.6 Å². The predicted molar refractivity (Wildman–Crippen MR) is 73.9 cm³/mol. The van der Waals surface area contributed by atoms with E-state index in [4.69, 9.17) is 4.74 Å². The average molecular weight is 264 g/mol. The fourth-order valence-electron chi connectivity index (χ4n) is 1.98. The number of Topliss-reactive ketones (excluding diaryl/α,β-unsaturated/α-hetero) is 1. The van der Waals surface area contributed by atoms with Gasteiger partial charge in [-0.05, 0) is 32.0 Å². The van der Waals surface area contributed by atoms with Crippen molar-refractivity contribution in [2.75, 3.05) is 25.0 Å². The van der Waals surface area contributed by atoms with Crippen LogP contribution >= 0.6 is 0 Å². The predicted octanol–water partition coefficient (Wildman–Crippen LogP) is 1.03. The summed E-state index contributed by atoms with van der Waals surface area (Å²) in [6.45, 7) is 5.28. The van der Waals surface area contributed by atoms with Gasteiger partial charge in [-0.1, -0.05) is 0 Å². The van der Waals surface area contributed by atoms with E-state index in [0.29, 0.717) is 18.7 Å². The van der Waals surface area contributed by atoms with Gasteiger partial charge < -0.3 is 20.5 Å². The van der Waals surface area contributed by atoms with Crippen LogP contribution in [-0.4, -0.2) is 42.7 Å². The van der Waals surface area contributed by atoms with Crippen molar-refractivity contribution in [2.24, 2.45) is 0 Å². The number of hydrogen-bond donors (Lipinski definition) is 3. The summed E-state index contributed by atoms with van der Waals surface area (Å²) in [5.74, 6) is 0.795. The average Bonchev–Trinajstić information content (AvgIpc) is 2.43. The molecule has 0 fully saturated rings. The molecule has 1 aromatic carbocycles. The lowest BCUT2D eigenvalue weighted by molar-refractivity contribution is 0.0941. The minimum atomic E-state index is -0.464. The number of nitrogens with one attached hydrogen (secondary N) is 2. The third-order valence-electron chi connectivity index (χ3n) is 3.05. The van der Waals surface area contributed by atoms with Crippen molar-refractivity contribution >= 4 is 11.5 Å². The molecule has 0 saturated carbocycles. The summed E-state index contributed by atoms with van der Waals surface area (Å²) in [6.07, 6.45) is -0.464. The Morgan fingerprint density at radius 2 is 2.32 bits per heavy atom. The minimum Gasteiger partial charge on any atom is -0.490 e. The molecule has 2 atom stereocenters. The zero-order valence-corrected chi connectivity index (χ0v) is 11.3. The highest BCUT2D eigenvalue weighted by atomic mass is 16.5. The Labute approximate surface area is 113 Å². The molecule has 0 aliphatic carbocycles. The molecule has 0 spiro atoms. The molecule has 0 radical (unpaired) electrons. The Morgan fingerprint density at radius 3 is 3.05 bits per heavy atom. The second kappa shape index (κ2) is 6.04. The van der Waals surface area contributed by atoms with Gasteiger partial charge in [0.05, 0.1) is 17.8 Å². The van der Waals surface area contributed by atoms with Crippen molar-refractivity contribution in [3.05, 3.63) is 23.8 Å². The number of carbonyl (C=O) groups is 1. The van der Waals surface area contributed by atoms with Gasteiger partial charge in [0.25, 0.3) is 0 Å². The third kappa shape index (κ3) is 3.45. The molecule has 0 aromatic heterocycles. The van der Waals surface area contributed by atoms with Gasteiger partial charge in [0, 0.05) is 18.7 Å². The van der Waals surface area contributed by atoms with Crippen molar-refractivity contribution in [3.8, 4) is 5.75 Å². The number of benzene rings is 1. The van der Waals surface area contributed by atoms with Gasteiger partial charge in [-0.2, -0.15) is 0 Å². The lowest BCUT2D eigenvalue weighted by Gasteiger charge is -2.20. The Morgan fingerprint density at radius 1 is 1.53 bits per heavy atom. The molecular formula is C14H20N2O3. The summed E-state index contributed by atoms with van der Waals surface area (Å²) in [5.41, 5.74) is 1.50. The van der Waals surface area contributed by atoms with E-state index in [1.165, 1.54) is 0 Å². The van der Waals surface area contributed by atoms with E-state index in [1.54, 1.807) is 19.9 Å². The van der Waals surface area contributed by atoms with Crippen molar-refractivity contribution < 1.29 is 14.6 Å². The summed E-state index contributed by atoms with van der Waals surface area (Å²) in [7, 11) is 0. The van der Waals surface area contributed by atoms with Crippen molar-refractivity contribution in [1.29, 1.82) is 0 Å². The fourth-order valence-corrected chi connectivity index (χ4v) is 1.98. The Balaban J connectivity index is 2.06. The Kier molecular flexibility index (Phi) is 4.39. The van der Waals surface area contributed by atoms with Crippen LogP contribution in [0.3, 0.4) is 0 Å². The van der Waals surface area contributed by atoms with E-state index in [1.807, 2.05) is 12.1 Å². The van der Waals surface area contributed by atoms with Crippen LogP contribution in [0, 0.1) is 0 Å². The van der Waals surface area contributed by atoms with E-state index >= 15 is 0 Å². The summed E-state index contributed by atoms with van der Waals surface area (Å²) in [4.78, 5) is 12.2. The van der Waals surface area contributed by atoms with Crippen LogP contribution in [0.5, 0.6) is 5.75 Å². The van der Waals surface area contributed by atoms with E-state index < -0.39 is 6.10 Å². The molecule has 104 valence electrons. The van der Waals surface area contributed by atoms with Gasteiger partial charge >= 0.3 is 0 Å². The second-order valence-electron chi connectivity index (χ2n) is 4.83. The first kappa shape index (κ1) is 13.8. The normalized spacial score (nSPS) is 16.8. The van der Waals surface area contributed by atoms with Gasteiger partial charge in [-0.25, -0.2) is 0 Å². The molecule has 3 N–H and O–H groups in total. The van der Waals surface area contributed by atoms with Gasteiger partial charge in [-0.15, -0.1) is 0 Å². The first-order valence-electron chi connectivity index (χ1n) is 6.54. The van der Waals surface area contributed by atoms with Gasteiger partial charge in [0.2, 0.25) is 0 Å². The molecule has 1 aromatic rings. The van der Waals surface area contributed by atoms with Crippen LogP contribution in [0.4, 0.5) is 5.69 Å². The number of rotatable bonds is 5. The zero-order valence-electron chi connectivity index (χ0n) is 11.3. The van der Waals surface area contributed by atoms with Crippen LogP contribution in [0.25, 0.3) is 0 Å². The molecule has 1 aliphatic rings. The number of aliphatic hydroxyl groups excluding tert-OH is 1. The maximum absolute atomic E-state index is 12.2. The molecule has 19 heavy (non-hydrogen) atoms. The number of ketones is 1. The SMILES string of the molecule is CC(O)CNC(C)C(=O)c1ccc2c(c1)NCCO2. The largest absolute Gasteiger partial charge is 0.490 e. The second-order valence-corrected chi connectivity index (χ2v) is 4.83. The number of aliphatic hydroxyl groups is 1. The quantitative estimate of drug-likeness (QED) is 0.693. The molecule has 1 aliphatic heterocycles. The molecule has 1 heterocycles. The maximum atomic E-state index is 12.2. The summed E-state index contributed by atoms with van der Waals surface area (Å²) < 4.78 is 5.48. The fraction of sp³-hybridized carbons (Fsp3) is 0.500.